The fraction of sp³-hybridized carbons (Fsp3) is 0.400. The number of nitro benzene ring substituents is 1. The zero-order valence-electron chi connectivity index (χ0n) is 16.2. The van der Waals surface area contributed by atoms with Crippen LogP contribution in [0.2, 0.25) is 0 Å². The van der Waals surface area contributed by atoms with Gasteiger partial charge in [-0.25, -0.2) is 0 Å². The molecule has 1 aliphatic rings. The Hall–Kier alpha value is -3.20. The lowest BCUT2D eigenvalue weighted by molar-refractivity contribution is -0.384. The largest absolute Gasteiger partial charge is 0.468 e. The number of carbonyl (C=O) groups excluding carboxylic acids is 2. The molecular formula is C20H24N4O5. The van der Waals surface area contributed by atoms with Crippen molar-refractivity contribution >= 4 is 23.2 Å². The molecule has 0 saturated carbocycles. The molecule has 1 aromatic heterocycles. The van der Waals surface area contributed by atoms with Crippen LogP contribution in [0.25, 0.3) is 0 Å². The third kappa shape index (κ3) is 5.64. The maximum absolute atomic E-state index is 12.1. The van der Waals surface area contributed by atoms with Crippen LogP contribution in [0, 0.1) is 23.0 Å². The average Bonchev–Trinajstić information content (AvgIpc) is 3.21. The summed E-state index contributed by atoms with van der Waals surface area (Å²) in [5.41, 5.74) is 0.749. The number of carbonyl (C=O) groups is 2. The van der Waals surface area contributed by atoms with E-state index in [2.05, 4.69) is 15.5 Å². The summed E-state index contributed by atoms with van der Waals surface area (Å²) >= 11 is 0. The fourth-order valence-electron chi connectivity index (χ4n) is 3.33. The number of rotatable bonds is 6. The van der Waals surface area contributed by atoms with Crippen LogP contribution < -0.4 is 10.6 Å². The number of benzene rings is 1. The Kier molecular flexibility index (Phi) is 6.61. The standard InChI is InChI=1S/C20H24N4O5/c1-14-4-5-16(24(27)28)11-18(14)22-20(26)19(25)21-12-15-6-8-23(9-7-15)13-17-3-2-10-29-17/h2-5,10-11,15H,6-9,12-13H2,1H3,(H,21,25)(H,22,26). The molecule has 0 unspecified atom stereocenters. The second kappa shape index (κ2) is 9.33. The van der Waals surface area contributed by atoms with E-state index in [0.29, 0.717) is 18.0 Å². The van der Waals surface area contributed by atoms with Gasteiger partial charge in [-0.3, -0.25) is 24.6 Å². The summed E-state index contributed by atoms with van der Waals surface area (Å²) < 4.78 is 5.37. The van der Waals surface area contributed by atoms with Crippen LogP contribution in [-0.2, 0) is 16.1 Å². The highest BCUT2D eigenvalue weighted by atomic mass is 16.6. The van der Waals surface area contributed by atoms with Crippen LogP contribution in [0.4, 0.5) is 11.4 Å². The summed E-state index contributed by atoms with van der Waals surface area (Å²) in [6, 6.07) is 7.95. The van der Waals surface area contributed by atoms with Gasteiger partial charge in [0.15, 0.2) is 0 Å². The summed E-state index contributed by atoms with van der Waals surface area (Å²) in [4.78, 5) is 36.9. The molecule has 0 bridgehead atoms. The van der Waals surface area contributed by atoms with E-state index in [1.165, 1.54) is 18.2 Å². The maximum Gasteiger partial charge on any atom is 0.313 e. The Labute approximate surface area is 168 Å². The van der Waals surface area contributed by atoms with Crippen molar-refractivity contribution in [1.82, 2.24) is 10.2 Å². The molecule has 9 heteroatoms. The number of non-ortho nitro benzene ring substituents is 1. The summed E-state index contributed by atoms with van der Waals surface area (Å²) in [5, 5.41) is 16.0. The molecule has 154 valence electrons. The minimum Gasteiger partial charge on any atom is -0.468 e. The fourth-order valence-corrected chi connectivity index (χ4v) is 3.33. The number of amides is 2. The van der Waals surface area contributed by atoms with E-state index in [-0.39, 0.29) is 11.4 Å². The van der Waals surface area contributed by atoms with E-state index in [1.54, 1.807) is 13.2 Å². The summed E-state index contributed by atoms with van der Waals surface area (Å²) in [6.45, 7) is 4.71. The number of hydrogen-bond donors (Lipinski definition) is 2. The molecule has 29 heavy (non-hydrogen) atoms. The van der Waals surface area contributed by atoms with Gasteiger partial charge < -0.3 is 15.1 Å². The second-order valence-electron chi connectivity index (χ2n) is 7.22. The first-order chi connectivity index (χ1) is 13.9. The van der Waals surface area contributed by atoms with Gasteiger partial charge in [0.25, 0.3) is 5.69 Å². The van der Waals surface area contributed by atoms with Crippen molar-refractivity contribution in [3.8, 4) is 0 Å². The lowest BCUT2D eigenvalue weighted by atomic mass is 9.96. The third-order valence-electron chi connectivity index (χ3n) is 5.10. The molecule has 2 heterocycles. The molecule has 0 radical (unpaired) electrons. The van der Waals surface area contributed by atoms with Crippen molar-refractivity contribution in [3.05, 3.63) is 58.0 Å². The van der Waals surface area contributed by atoms with Gasteiger partial charge in [-0.05, 0) is 56.5 Å². The first-order valence-electron chi connectivity index (χ1n) is 9.51. The highest BCUT2D eigenvalue weighted by Gasteiger charge is 2.22. The minimum atomic E-state index is -0.830. The summed E-state index contributed by atoms with van der Waals surface area (Å²) in [7, 11) is 0. The quantitative estimate of drug-likeness (QED) is 0.437. The first kappa shape index (κ1) is 20.5. The van der Waals surface area contributed by atoms with Crippen molar-refractivity contribution in [2.45, 2.75) is 26.3 Å². The van der Waals surface area contributed by atoms with Crippen LogP contribution in [0.15, 0.2) is 41.0 Å². The van der Waals surface area contributed by atoms with Gasteiger partial charge in [0, 0.05) is 18.7 Å². The van der Waals surface area contributed by atoms with Gasteiger partial charge in [0.2, 0.25) is 0 Å². The van der Waals surface area contributed by atoms with Gasteiger partial charge in [0.1, 0.15) is 5.76 Å². The van der Waals surface area contributed by atoms with Crippen LogP contribution >= 0.6 is 0 Å². The van der Waals surface area contributed by atoms with Crippen LogP contribution in [0.5, 0.6) is 0 Å². The van der Waals surface area contributed by atoms with Crippen molar-refractivity contribution in [3.63, 3.8) is 0 Å². The van der Waals surface area contributed by atoms with Crippen molar-refractivity contribution < 1.29 is 18.9 Å². The number of piperidine rings is 1. The molecule has 2 amide bonds. The van der Waals surface area contributed by atoms with Gasteiger partial charge in [-0.15, -0.1) is 0 Å². The maximum atomic E-state index is 12.1. The molecule has 1 aliphatic heterocycles. The normalized spacial score (nSPS) is 15.1. The van der Waals surface area contributed by atoms with Crippen LogP contribution in [0.1, 0.15) is 24.2 Å². The van der Waals surface area contributed by atoms with E-state index in [9.17, 15) is 19.7 Å². The van der Waals surface area contributed by atoms with Crippen molar-refractivity contribution in [1.29, 1.82) is 0 Å². The number of furan rings is 1. The zero-order chi connectivity index (χ0) is 20.8. The Morgan fingerprint density at radius 2 is 2.00 bits per heavy atom. The lowest BCUT2D eigenvalue weighted by Crippen LogP contribution is -2.41. The number of nitrogens with one attached hydrogen (secondary N) is 2. The Balaban J connectivity index is 1.43. The molecule has 1 saturated heterocycles. The van der Waals surface area contributed by atoms with Crippen molar-refractivity contribution in [2.24, 2.45) is 5.92 Å². The number of hydrogen-bond acceptors (Lipinski definition) is 6. The molecule has 0 atom stereocenters. The molecule has 9 nitrogen and oxygen atoms in total. The molecule has 1 aromatic carbocycles. The highest BCUT2D eigenvalue weighted by molar-refractivity contribution is 6.39. The smallest absolute Gasteiger partial charge is 0.313 e. The molecule has 1 fully saturated rings. The van der Waals surface area contributed by atoms with E-state index in [1.807, 2.05) is 12.1 Å². The van der Waals surface area contributed by atoms with Crippen molar-refractivity contribution in [2.75, 3.05) is 25.0 Å². The highest BCUT2D eigenvalue weighted by Crippen LogP contribution is 2.22. The zero-order valence-corrected chi connectivity index (χ0v) is 16.2. The van der Waals surface area contributed by atoms with Gasteiger partial charge in [-0.1, -0.05) is 6.07 Å². The Morgan fingerprint density at radius 3 is 2.66 bits per heavy atom. The Bertz CT molecular complexity index is 873. The summed E-state index contributed by atoms with van der Waals surface area (Å²) in [5.74, 6) is -0.332. The SMILES string of the molecule is Cc1ccc([N+](=O)[O-])cc1NC(=O)C(=O)NCC1CCN(Cc2ccco2)CC1. The first-order valence-corrected chi connectivity index (χ1v) is 9.51. The van der Waals surface area contributed by atoms with Crippen LogP contribution in [-0.4, -0.2) is 41.3 Å². The number of likely N-dealkylation sites (tertiary alicyclic amines) is 1. The minimum absolute atomic E-state index is 0.146. The van der Waals surface area contributed by atoms with E-state index >= 15 is 0 Å². The number of nitro groups is 1. The molecule has 0 aliphatic carbocycles. The monoisotopic (exact) mass is 400 g/mol. The second-order valence-corrected chi connectivity index (χ2v) is 7.22. The van der Waals surface area contributed by atoms with E-state index in [0.717, 1.165) is 38.2 Å². The molecular weight excluding hydrogens is 376 g/mol. The van der Waals surface area contributed by atoms with Crippen LogP contribution in [0.3, 0.4) is 0 Å². The third-order valence-corrected chi connectivity index (χ3v) is 5.10. The predicted molar refractivity (Wildman–Crippen MR) is 106 cm³/mol. The molecule has 2 aromatic rings. The lowest BCUT2D eigenvalue weighted by Gasteiger charge is -2.31. The molecule has 3 rings (SSSR count). The molecule has 0 spiro atoms. The van der Waals surface area contributed by atoms with Gasteiger partial charge in [-0.2, -0.15) is 0 Å². The average molecular weight is 400 g/mol. The number of anilines is 1. The number of aryl methyl sites for hydroxylation is 1. The number of nitrogens with zero attached hydrogens (tertiary/aromatic N) is 2. The molecule has 2 N–H and O–H groups in total. The van der Waals surface area contributed by atoms with E-state index in [4.69, 9.17) is 4.42 Å². The Morgan fingerprint density at radius 1 is 1.24 bits per heavy atom. The van der Waals surface area contributed by atoms with E-state index < -0.39 is 16.7 Å². The summed E-state index contributed by atoms with van der Waals surface area (Å²) in [6.07, 6.45) is 3.51. The topological polar surface area (TPSA) is 118 Å². The van der Waals surface area contributed by atoms with Gasteiger partial charge in [0.05, 0.1) is 23.4 Å². The van der Waals surface area contributed by atoms with Gasteiger partial charge >= 0.3 is 11.8 Å². The predicted octanol–water partition coefficient (Wildman–Crippen LogP) is 2.46.